The highest BCUT2D eigenvalue weighted by Gasteiger charge is 2.33. The minimum absolute atomic E-state index is 0.112. The van der Waals surface area contributed by atoms with E-state index in [2.05, 4.69) is 24.3 Å². The van der Waals surface area contributed by atoms with Crippen LogP contribution < -0.4 is 4.74 Å². The number of hydrogen-bond donors (Lipinski definition) is 1. The van der Waals surface area contributed by atoms with Crippen molar-refractivity contribution in [2.24, 2.45) is 0 Å². The second-order valence-electron chi connectivity index (χ2n) is 6.96. The Kier molecular flexibility index (Phi) is 5.76. The fraction of sp³-hybridized carbons (Fsp3) is 0.208. The van der Waals surface area contributed by atoms with Crippen LogP contribution in [0.1, 0.15) is 28.5 Å². The zero-order valence-corrected chi connectivity index (χ0v) is 16.9. The average molecular weight is 407 g/mol. The van der Waals surface area contributed by atoms with Crippen LogP contribution in [0.3, 0.4) is 0 Å². The largest absolute Gasteiger partial charge is 0.508 e. The molecule has 1 N–H and O–H groups in total. The van der Waals surface area contributed by atoms with E-state index in [1.807, 2.05) is 36.4 Å². The summed E-state index contributed by atoms with van der Waals surface area (Å²) in [6, 6.07) is 24.0. The number of phenols is 1. The fourth-order valence-corrected chi connectivity index (χ4v) is 4.50. The Labute approximate surface area is 174 Å². The molecule has 1 heterocycles. The van der Waals surface area contributed by atoms with Crippen molar-refractivity contribution in [3.63, 3.8) is 0 Å². The second-order valence-corrected chi connectivity index (χ2v) is 8.01. The van der Waals surface area contributed by atoms with E-state index in [1.165, 1.54) is 30.0 Å². The van der Waals surface area contributed by atoms with Crippen molar-refractivity contribution in [2.45, 2.75) is 16.7 Å². The lowest BCUT2D eigenvalue weighted by molar-refractivity contribution is -0.137. The molecule has 0 amide bonds. The number of carbonyl (C=O) groups is 1. The number of fused-ring (bicyclic) bond motifs is 1. The first kappa shape index (κ1) is 19.4. The molecule has 0 aromatic heterocycles. The third-order valence-electron chi connectivity index (χ3n) is 5.20. The molecule has 0 fully saturated rings. The normalized spacial score (nSPS) is 17.8. The summed E-state index contributed by atoms with van der Waals surface area (Å²) >= 11 is 1.46. The molecule has 3 aromatic rings. The molecule has 0 saturated heterocycles. The van der Waals surface area contributed by atoms with Crippen LogP contribution in [0.4, 0.5) is 0 Å². The number of thioether (sulfide) groups is 1. The van der Waals surface area contributed by atoms with Gasteiger partial charge < -0.3 is 14.6 Å². The van der Waals surface area contributed by atoms with Gasteiger partial charge in [-0.15, -0.1) is 11.8 Å². The summed E-state index contributed by atoms with van der Waals surface area (Å²) in [6.07, 6.45) is 0. The first-order valence-electron chi connectivity index (χ1n) is 9.46. The summed E-state index contributed by atoms with van der Waals surface area (Å²) < 4.78 is 10.7. The molecule has 1 aliphatic rings. The molecule has 2 atom stereocenters. The van der Waals surface area contributed by atoms with E-state index < -0.39 is 0 Å². The topological polar surface area (TPSA) is 55.8 Å². The van der Waals surface area contributed by atoms with E-state index in [1.54, 1.807) is 12.1 Å². The van der Waals surface area contributed by atoms with Crippen molar-refractivity contribution < 1.29 is 19.4 Å². The molecule has 0 aliphatic carbocycles. The number of carbonyl (C=O) groups excluding carboxylic acids is 1. The van der Waals surface area contributed by atoms with Gasteiger partial charge in [-0.2, -0.15) is 0 Å². The van der Waals surface area contributed by atoms with Crippen LogP contribution >= 0.6 is 11.8 Å². The van der Waals surface area contributed by atoms with E-state index in [4.69, 9.17) is 9.47 Å². The van der Waals surface area contributed by atoms with Crippen molar-refractivity contribution in [2.75, 3.05) is 19.5 Å². The number of rotatable bonds is 5. The van der Waals surface area contributed by atoms with Crippen LogP contribution in [0, 0.1) is 0 Å². The molecule has 1 aliphatic heterocycles. The lowest BCUT2D eigenvalue weighted by atomic mass is 9.76. The molecule has 5 heteroatoms. The Morgan fingerprint density at radius 3 is 2.55 bits per heavy atom. The molecule has 0 unspecified atom stereocenters. The van der Waals surface area contributed by atoms with Gasteiger partial charge in [0, 0.05) is 28.4 Å². The van der Waals surface area contributed by atoms with Gasteiger partial charge in [-0.25, -0.2) is 0 Å². The molecule has 29 heavy (non-hydrogen) atoms. The molecule has 4 rings (SSSR count). The first-order chi connectivity index (χ1) is 14.2. The average Bonchev–Trinajstić information content (AvgIpc) is 2.77. The second kappa shape index (κ2) is 8.62. The predicted molar refractivity (Wildman–Crippen MR) is 114 cm³/mol. The molecular formula is C24H22O4S. The maximum Gasteiger partial charge on any atom is 0.315 e. The summed E-state index contributed by atoms with van der Waals surface area (Å²) in [5.74, 6) is 1.27. The summed E-state index contributed by atoms with van der Waals surface area (Å²) in [5, 5.41) is 9.87. The van der Waals surface area contributed by atoms with Gasteiger partial charge in [0.2, 0.25) is 0 Å². The van der Waals surface area contributed by atoms with E-state index >= 15 is 0 Å². The number of ether oxygens (including phenoxy) is 2. The van der Waals surface area contributed by atoms with Crippen molar-refractivity contribution in [3.8, 4) is 11.5 Å². The van der Waals surface area contributed by atoms with Gasteiger partial charge in [0.1, 0.15) is 11.5 Å². The highest BCUT2D eigenvalue weighted by atomic mass is 32.2. The quantitative estimate of drug-likeness (QED) is 0.479. The Morgan fingerprint density at radius 1 is 1.07 bits per heavy atom. The SMILES string of the molecule is COC(=O)CSc1ccc([C@@H]2c3ccc(O)cc3OC[C@@H]2c2ccccc2)cc1. The maximum atomic E-state index is 11.4. The molecule has 0 spiro atoms. The number of methoxy groups -OCH3 is 1. The minimum Gasteiger partial charge on any atom is -0.508 e. The van der Waals surface area contributed by atoms with Crippen molar-refractivity contribution in [1.82, 2.24) is 0 Å². The third-order valence-corrected chi connectivity index (χ3v) is 6.19. The van der Waals surface area contributed by atoms with Crippen LogP contribution in [-0.4, -0.2) is 30.5 Å². The standard InChI is InChI=1S/C24H22O4S/c1-27-23(26)15-29-19-10-7-17(8-11-19)24-20-12-9-18(25)13-22(20)28-14-21(24)16-5-3-2-4-6-16/h2-13,21,24-25H,14-15H2,1H3/t21-,24-/m1/s1. The fourth-order valence-electron chi connectivity index (χ4n) is 3.77. The molecular weight excluding hydrogens is 384 g/mol. The highest BCUT2D eigenvalue weighted by Crippen LogP contribution is 2.47. The molecule has 148 valence electrons. The number of phenolic OH excluding ortho intramolecular Hbond substituents is 1. The van der Waals surface area contributed by atoms with Gasteiger partial charge in [-0.05, 0) is 29.3 Å². The van der Waals surface area contributed by atoms with E-state index in [0.29, 0.717) is 12.4 Å². The van der Waals surface area contributed by atoms with Gasteiger partial charge in [-0.3, -0.25) is 4.79 Å². The predicted octanol–water partition coefficient (Wildman–Crippen LogP) is 4.97. The summed E-state index contributed by atoms with van der Waals surface area (Å²) in [6.45, 7) is 0.546. The lowest BCUT2D eigenvalue weighted by Gasteiger charge is -2.34. The van der Waals surface area contributed by atoms with Crippen molar-refractivity contribution >= 4 is 17.7 Å². The van der Waals surface area contributed by atoms with Gasteiger partial charge in [0.15, 0.2) is 0 Å². The zero-order chi connectivity index (χ0) is 20.2. The lowest BCUT2D eigenvalue weighted by Crippen LogP contribution is -2.25. The Balaban J connectivity index is 1.68. The highest BCUT2D eigenvalue weighted by molar-refractivity contribution is 8.00. The summed E-state index contributed by atoms with van der Waals surface area (Å²) in [4.78, 5) is 12.4. The van der Waals surface area contributed by atoms with Gasteiger partial charge in [0.05, 0.1) is 19.5 Å². The van der Waals surface area contributed by atoms with Crippen LogP contribution in [-0.2, 0) is 9.53 Å². The number of benzene rings is 3. The van der Waals surface area contributed by atoms with Gasteiger partial charge >= 0.3 is 5.97 Å². The number of aromatic hydroxyl groups is 1. The van der Waals surface area contributed by atoms with Crippen LogP contribution in [0.2, 0.25) is 0 Å². The van der Waals surface area contributed by atoms with Crippen LogP contribution in [0.25, 0.3) is 0 Å². The molecule has 0 saturated carbocycles. The molecule has 4 nitrogen and oxygen atoms in total. The Bertz CT molecular complexity index is 986. The molecule has 0 bridgehead atoms. The van der Waals surface area contributed by atoms with Gasteiger partial charge in [-0.1, -0.05) is 48.5 Å². The van der Waals surface area contributed by atoms with Crippen molar-refractivity contribution in [1.29, 1.82) is 0 Å². The van der Waals surface area contributed by atoms with E-state index in [0.717, 1.165) is 16.2 Å². The van der Waals surface area contributed by atoms with E-state index in [9.17, 15) is 9.90 Å². The third kappa shape index (κ3) is 4.25. The summed E-state index contributed by atoms with van der Waals surface area (Å²) in [7, 11) is 1.40. The van der Waals surface area contributed by atoms with Gasteiger partial charge in [0.25, 0.3) is 0 Å². The Morgan fingerprint density at radius 2 is 1.83 bits per heavy atom. The molecule has 3 aromatic carbocycles. The van der Waals surface area contributed by atoms with Crippen LogP contribution in [0.5, 0.6) is 11.5 Å². The smallest absolute Gasteiger partial charge is 0.315 e. The first-order valence-corrected chi connectivity index (χ1v) is 10.4. The monoisotopic (exact) mass is 406 g/mol. The molecule has 0 radical (unpaired) electrons. The number of esters is 1. The zero-order valence-electron chi connectivity index (χ0n) is 16.1. The number of hydrogen-bond acceptors (Lipinski definition) is 5. The summed E-state index contributed by atoms with van der Waals surface area (Å²) in [5.41, 5.74) is 3.47. The Hall–Kier alpha value is -2.92. The van der Waals surface area contributed by atoms with E-state index in [-0.39, 0.29) is 23.6 Å². The van der Waals surface area contributed by atoms with Crippen molar-refractivity contribution in [3.05, 3.63) is 89.5 Å². The minimum atomic E-state index is -0.235. The van der Waals surface area contributed by atoms with Crippen LogP contribution in [0.15, 0.2) is 77.7 Å². The maximum absolute atomic E-state index is 11.4.